The summed E-state index contributed by atoms with van der Waals surface area (Å²) in [5.74, 6) is 1.87. The van der Waals surface area contributed by atoms with E-state index in [0.717, 1.165) is 17.2 Å². The zero-order valence-corrected chi connectivity index (χ0v) is 16.7. The third-order valence-corrected chi connectivity index (χ3v) is 4.31. The van der Waals surface area contributed by atoms with Gasteiger partial charge in [-0.15, -0.1) is 0 Å². The van der Waals surface area contributed by atoms with Crippen molar-refractivity contribution in [1.29, 1.82) is 0 Å². The van der Waals surface area contributed by atoms with Crippen LogP contribution in [-0.4, -0.2) is 5.84 Å². The highest BCUT2D eigenvalue weighted by Gasteiger charge is 2.22. The van der Waals surface area contributed by atoms with Crippen molar-refractivity contribution in [2.24, 2.45) is 10.4 Å². The molecule has 134 valence electrons. The molecule has 0 aliphatic carbocycles. The molecule has 0 saturated carbocycles. The van der Waals surface area contributed by atoms with Crippen LogP contribution in [0.2, 0.25) is 0 Å². The zero-order chi connectivity index (χ0) is 18.6. The SMILES string of the molecule is CC(C)c1cccc(C(C)C)c1N=C(Nc1ccccc1)C(C)(C)C. The summed E-state index contributed by atoms with van der Waals surface area (Å²) in [5.41, 5.74) is 4.74. The van der Waals surface area contributed by atoms with Crippen LogP contribution in [0.15, 0.2) is 53.5 Å². The second kappa shape index (κ2) is 7.86. The average Bonchev–Trinajstić information content (AvgIpc) is 2.54. The van der Waals surface area contributed by atoms with E-state index in [-0.39, 0.29) is 5.41 Å². The van der Waals surface area contributed by atoms with E-state index in [1.165, 1.54) is 11.1 Å². The Bertz CT molecular complexity index is 693. The molecule has 0 aliphatic rings. The molecule has 0 unspecified atom stereocenters. The number of anilines is 1. The van der Waals surface area contributed by atoms with Crippen LogP contribution in [0.3, 0.4) is 0 Å². The molecule has 0 aliphatic heterocycles. The van der Waals surface area contributed by atoms with Crippen molar-refractivity contribution in [3.8, 4) is 0 Å². The highest BCUT2D eigenvalue weighted by molar-refractivity contribution is 6.01. The molecule has 0 fully saturated rings. The lowest BCUT2D eigenvalue weighted by Crippen LogP contribution is -2.28. The number of benzene rings is 2. The molecule has 0 atom stereocenters. The summed E-state index contributed by atoms with van der Waals surface area (Å²) in [4.78, 5) is 5.17. The first-order valence-electron chi connectivity index (χ1n) is 9.24. The zero-order valence-electron chi connectivity index (χ0n) is 16.7. The summed E-state index contributed by atoms with van der Waals surface area (Å²) in [5, 5.41) is 3.55. The summed E-state index contributed by atoms with van der Waals surface area (Å²) in [7, 11) is 0. The van der Waals surface area contributed by atoms with Gasteiger partial charge in [-0.3, -0.25) is 0 Å². The van der Waals surface area contributed by atoms with E-state index >= 15 is 0 Å². The fraction of sp³-hybridized carbons (Fsp3) is 0.435. The molecule has 25 heavy (non-hydrogen) atoms. The second-order valence-corrected chi connectivity index (χ2v) is 8.30. The Morgan fingerprint density at radius 3 is 1.76 bits per heavy atom. The largest absolute Gasteiger partial charge is 0.343 e. The Morgan fingerprint density at radius 1 is 0.800 bits per heavy atom. The van der Waals surface area contributed by atoms with Crippen molar-refractivity contribution in [2.45, 2.75) is 60.3 Å². The van der Waals surface area contributed by atoms with Crippen LogP contribution in [0.25, 0.3) is 0 Å². The van der Waals surface area contributed by atoms with Crippen molar-refractivity contribution in [1.82, 2.24) is 0 Å². The fourth-order valence-corrected chi connectivity index (χ4v) is 2.79. The molecule has 2 rings (SSSR count). The van der Waals surface area contributed by atoms with Gasteiger partial charge in [0, 0.05) is 11.1 Å². The Labute approximate surface area is 153 Å². The fourth-order valence-electron chi connectivity index (χ4n) is 2.79. The minimum atomic E-state index is -0.0752. The molecule has 1 N–H and O–H groups in total. The highest BCUT2D eigenvalue weighted by atomic mass is 15.0. The smallest absolute Gasteiger partial charge is 0.112 e. The lowest BCUT2D eigenvalue weighted by molar-refractivity contribution is 0.589. The number of rotatable bonds is 4. The Kier molecular flexibility index (Phi) is 6.05. The summed E-state index contributed by atoms with van der Waals surface area (Å²) in [6.45, 7) is 15.6. The molecule has 2 aromatic carbocycles. The maximum atomic E-state index is 5.17. The Morgan fingerprint density at radius 2 is 1.32 bits per heavy atom. The van der Waals surface area contributed by atoms with Crippen molar-refractivity contribution in [2.75, 3.05) is 5.32 Å². The number of nitrogens with one attached hydrogen (secondary N) is 1. The Hall–Kier alpha value is -2.09. The van der Waals surface area contributed by atoms with Crippen LogP contribution in [0, 0.1) is 5.41 Å². The standard InChI is InChI=1S/C23H32N2/c1-16(2)19-14-11-15-20(17(3)4)21(19)25-22(23(5,6)7)24-18-12-9-8-10-13-18/h8-17H,1-7H3,(H,24,25). The van der Waals surface area contributed by atoms with Gasteiger partial charge in [0.25, 0.3) is 0 Å². The lowest BCUT2D eigenvalue weighted by atomic mass is 9.91. The molecule has 2 aromatic rings. The van der Waals surface area contributed by atoms with E-state index in [0.29, 0.717) is 11.8 Å². The molecule has 0 saturated heterocycles. The van der Waals surface area contributed by atoms with Crippen LogP contribution in [0.5, 0.6) is 0 Å². The third-order valence-electron chi connectivity index (χ3n) is 4.31. The number of hydrogen-bond acceptors (Lipinski definition) is 1. The topological polar surface area (TPSA) is 24.4 Å². The van der Waals surface area contributed by atoms with Crippen LogP contribution in [0.1, 0.15) is 71.4 Å². The number of hydrogen-bond donors (Lipinski definition) is 1. The molecule has 0 bridgehead atoms. The first kappa shape index (κ1) is 19.2. The van der Waals surface area contributed by atoms with Gasteiger partial charge in [-0.05, 0) is 35.1 Å². The van der Waals surface area contributed by atoms with Gasteiger partial charge in [-0.25, -0.2) is 4.99 Å². The number of nitrogens with zero attached hydrogens (tertiary/aromatic N) is 1. The van der Waals surface area contributed by atoms with Gasteiger partial charge in [0.2, 0.25) is 0 Å². The number of para-hydroxylation sites is 2. The molecular formula is C23H32N2. The molecule has 0 amide bonds. The van der Waals surface area contributed by atoms with Gasteiger partial charge < -0.3 is 5.32 Å². The maximum Gasteiger partial charge on any atom is 0.112 e. The molecule has 0 spiro atoms. The molecule has 2 nitrogen and oxygen atoms in total. The van der Waals surface area contributed by atoms with Crippen LogP contribution < -0.4 is 5.32 Å². The molecule has 0 radical (unpaired) electrons. The first-order valence-corrected chi connectivity index (χ1v) is 9.24. The first-order chi connectivity index (χ1) is 11.7. The summed E-state index contributed by atoms with van der Waals surface area (Å²) in [6, 6.07) is 16.9. The summed E-state index contributed by atoms with van der Waals surface area (Å²) < 4.78 is 0. The average molecular weight is 337 g/mol. The molecule has 0 aromatic heterocycles. The Balaban J connectivity index is 2.59. The maximum absolute atomic E-state index is 5.17. The van der Waals surface area contributed by atoms with Crippen molar-refractivity contribution in [3.05, 3.63) is 59.7 Å². The van der Waals surface area contributed by atoms with Gasteiger partial charge in [-0.1, -0.05) is 84.9 Å². The van der Waals surface area contributed by atoms with Crippen LogP contribution in [-0.2, 0) is 0 Å². The van der Waals surface area contributed by atoms with Crippen LogP contribution >= 0.6 is 0 Å². The molecule has 0 heterocycles. The van der Waals surface area contributed by atoms with Crippen molar-refractivity contribution < 1.29 is 0 Å². The highest BCUT2D eigenvalue weighted by Crippen LogP contribution is 2.36. The van der Waals surface area contributed by atoms with E-state index in [9.17, 15) is 0 Å². The van der Waals surface area contributed by atoms with Crippen LogP contribution in [0.4, 0.5) is 11.4 Å². The van der Waals surface area contributed by atoms with E-state index in [1.807, 2.05) is 18.2 Å². The quantitative estimate of drug-likeness (QED) is 0.466. The van der Waals surface area contributed by atoms with E-state index in [4.69, 9.17) is 4.99 Å². The molecule has 2 heteroatoms. The summed E-state index contributed by atoms with van der Waals surface area (Å²) >= 11 is 0. The monoisotopic (exact) mass is 336 g/mol. The normalized spacial score (nSPS) is 12.8. The third kappa shape index (κ3) is 4.94. The number of amidine groups is 1. The minimum absolute atomic E-state index is 0.0752. The van der Waals surface area contributed by atoms with Gasteiger partial charge in [-0.2, -0.15) is 0 Å². The predicted octanol–water partition coefficient (Wildman–Crippen LogP) is 7.12. The molecular weight excluding hydrogens is 304 g/mol. The predicted molar refractivity (Wildman–Crippen MR) is 111 cm³/mol. The van der Waals surface area contributed by atoms with Crippen molar-refractivity contribution >= 4 is 17.2 Å². The van der Waals surface area contributed by atoms with Gasteiger partial charge in [0.1, 0.15) is 5.84 Å². The van der Waals surface area contributed by atoms with E-state index in [2.05, 4.69) is 84.1 Å². The van der Waals surface area contributed by atoms with E-state index in [1.54, 1.807) is 0 Å². The van der Waals surface area contributed by atoms with Crippen molar-refractivity contribution in [3.63, 3.8) is 0 Å². The number of aliphatic imine (C=N–C) groups is 1. The van der Waals surface area contributed by atoms with Gasteiger partial charge in [0.05, 0.1) is 5.69 Å². The van der Waals surface area contributed by atoms with Gasteiger partial charge in [0.15, 0.2) is 0 Å². The second-order valence-electron chi connectivity index (χ2n) is 8.30. The van der Waals surface area contributed by atoms with E-state index < -0.39 is 0 Å². The summed E-state index contributed by atoms with van der Waals surface area (Å²) in [6.07, 6.45) is 0. The minimum Gasteiger partial charge on any atom is -0.343 e. The van der Waals surface area contributed by atoms with Gasteiger partial charge >= 0.3 is 0 Å². The lowest BCUT2D eigenvalue weighted by Gasteiger charge is -2.25.